The molecule has 3 rings (SSSR count). The highest BCUT2D eigenvalue weighted by atomic mass is 16.4. The van der Waals surface area contributed by atoms with E-state index in [0.29, 0.717) is 18.9 Å². The smallest absolute Gasteiger partial charge is 0.326 e. The van der Waals surface area contributed by atoms with Crippen LogP contribution >= 0.6 is 0 Å². The van der Waals surface area contributed by atoms with E-state index in [-0.39, 0.29) is 11.9 Å². The SMILES string of the molecule is CC1(C(=O)N2C(C(=O)O)CC3CCCCC32)CCNC1. The van der Waals surface area contributed by atoms with Gasteiger partial charge in [-0.25, -0.2) is 4.79 Å². The maximum atomic E-state index is 13.0. The first-order valence-corrected chi connectivity index (χ1v) is 7.79. The summed E-state index contributed by atoms with van der Waals surface area (Å²) in [6.07, 6.45) is 5.80. The van der Waals surface area contributed by atoms with Crippen molar-refractivity contribution in [3.63, 3.8) is 0 Å². The van der Waals surface area contributed by atoms with Crippen LogP contribution in [0.4, 0.5) is 0 Å². The van der Waals surface area contributed by atoms with Crippen LogP contribution in [-0.2, 0) is 9.59 Å². The first kappa shape index (κ1) is 13.9. The number of rotatable bonds is 2. The Kier molecular flexibility index (Phi) is 3.48. The lowest BCUT2D eigenvalue weighted by atomic mass is 9.83. The van der Waals surface area contributed by atoms with Gasteiger partial charge in [0.2, 0.25) is 5.91 Å². The van der Waals surface area contributed by atoms with E-state index < -0.39 is 17.4 Å². The second-order valence-corrected chi connectivity index (χ2v) is 6.90. The molecule has 0 aromatic rings. The van der Waals surface area contributed by atoms with Crippen LogP contribution in [0.5, 0.6) is 0 Å². The molecule has 0 bridgehead atoms. The molecule has 0 aromatic heterocycles. The highest BCUT2D eigenvalue weighted by Gasteiger charge is 2.51. The summed E-state index contributed by atoms with van der Waals surface area (Å²) in [6.45, 7) is 3.50. The number of hydrogen-bond acceptors (Lipinski definition) is 3. The van der Waals surface area contributed by atoms with Crippen molar-refractivity contribution in [1.82, 2.24) is 10.2 Å². The van der Waals surface area contributed by atoms with E-state index in [9.17, 15) is 14.7 Å². The monoisotopic (exact) mass is 280 g/mol. The third-order valence-electron chi connectivity index (χ3n) is 5.49. The van der Waals surface area contributed by atoms with Crippen molar-refractivity contribution in [3.05, 3.63) is 0 Å². The molecule has 1 amide bonds. The lowest BCUT2D eigenvalue weighted by molar-refractivity contribution is -0.154. The van der Waals surface area contributed by atoms with Gasteiger partial charge < -0.3 is 15.3 Å². The normalized spacial score (nSPS) is 40.6. The number of carbonyl (C=O) groups is 2. The number of amides is 1. The zero-order valence-corrected chi connectivity index (χ0v) is 12.1. The summed E-state index contributed by atoms with van der Waals surface area (Å²) in [5.74, 6) is -0.377. The first-order valence-electron chi connectivity index (χ1n) is 7.79. The van der Waals surface area contributed by atoms with E-state index in [1.807, 2.05) is 6.92 Å². The summed E-state index contributed by atoms with van der Waals surface area (Å²) in [5.41, 5.74) is -0.417. The van der Waals surface area contributed by atoms with Gasteiger partial charge in [0.1, 0.15) is 6.04 Å². The van der Waals surface area contributed by atoms with E-state index in [0.717, 1.165) is 32.2 Å². The average Bonchev–Trinajstić information content (AvgIpc) is 3.02. The van der Waals surface area contributed by atoms with E-state index in [4.69, 9.17) is 0 Å². The zero-order chi connectivity index (χ0) is 14.3. The van der Waals surface area contributed by atoms with Crippen LogP contribution < -0.4 is 5.32 Å². The molecular weight excluding hydrogens is 256 g/mol. The number of hydrogen-bond donors (Lipinski definition) is 2. The maximum Gasteiger partial charge on any atom is 0.326 e. The predicted octanol–water partition coefficient (Wildman–Crippen LogP) is 1.23. The zero-order valence-electron chi connectivity index (χ0n) is 12.1. The number of carboxylic acid groups (broad SMARTS) is 1. The molecule has 0 spiro atoms. The number of nitrogens with one attached hydrogen (secondary N) is 1. The van der Waals surface area contributed by atoms with Gasteiger partial charge in [0.25, 0.3) is 0 Å². The Morgan fingerprint density at radius 3 is 2.70 bits per heavy atom. The first-order chi connectivity index (χ1) is 9.53. The number of carbonyl (C=O) groups excluding carboxylic acids is 1. The van der Waals surface area contributed by atoms with E-state index in [1.165, 1.54) is 6.42 Å². The minimum atomic E-state index is -0.831. The number of likely N-dealkylation sites (tertiary alicyclic amines) is 1. The van der Waals surface area contributed by atoms with E-state index in [1.54, 1.807) is 4.90 Å². The third-order valence-corrected chi connectivity index (χ3v) is 5.49. The van der Waals surface area contributed by atoms with Crippen molar-refractivity contribution in [2.45, 2.75) is 57.5 Å². The third kappa shape index (κ3) is 2.12. The van der Waals surface area contributed by atoms with Crippen molar-refractivity contribution >= 4 is 11.9 Å². The fourth-order valence-electron chi connectivity index (χ4n) is 4.28. The molecule has 4 unspecified atom stereocenters. The molecule has 1 saturated carbocycles. The van der Waals surface area contributed by atoms with Gasteiger partial charge in [-0.05, 0) is 45.1 Å². The van der Waals surface area contributed by atoms with Crippen molar-refractivity contribution in [2.24, 2.45) is 11.3 Å². The molecule has 2 saturated heterocycles. The van der Waals surface area contributed by atoms with E-state index in [2.05, 4.69) is 5.32 Å². The topological polar surface area (TPSA) is 69.6 Å². The Balaban J connectivity index is 1.87. The molecule has 0 radical (unpaired) electrons. The number of carboxylic acids is 1. The van der Waals surface area contributed by atoms with Gasteiger partial charge in [-0.3, -0.25) is 4.79 Å². The van der Waals surface area contributed by atoms with Gasteiger partial charge >= 0.3 is 5.97 Å². The van der Waals surface area contributed by atoms with Crippen molar-refractivity contribution in [3.8, 4) is 0 Å². The summed E-state index contributed by atoms with van der Waals surface area (Å²) >= 11 is 0. The second kappa shape index (κ2) is 5.02. The largest absolute Gasteiger partial charge is 0.480 e. The van der Waals surface area contributed by atoms with Crippen LogP contribution in [0, 0.1) is 11.3 Å². The van der Waals surface area contributed by atoms with E-state index >= 15 is 0 Å². The number of nitrogens with zero attached hydrogens (tertiary/aromatic N) is 1. The Labute approximate surface area is 119 Å². The summed E-state index contributed by atoms with van der Waals surface area (Å²) in [4.78, 5) is 26.3. The van der Waals surface area contributed by atoms with Gasteiger partial charge in [-0.15, -0.1) is 0 Å². The van der Waals surface area contributed by atoms with Gasteiger partial charge in [-0.1, -0.05) is 12.8 Å². The molecular formula is C15H24N2O3. The Bertz CT molecular complexity index is 417. The Hall–Kier alpha value is -1.10. The fourth-order valence-corrected chi connectivity index (χ4v) is 4.28. The molecule has 5 nitrogen and oxygen atoms in total. The number of fused-ring (bicyclic) bond motifs is 1. The van der Waals surface area contributed by atoms with Gasteiger partial charge in [0.15, 0.2) is 0 Å². The standard InChI is InChI=1S/C15H24N2O3/c1-15(6-7-16-9-15)14(20)17-11-5-3-2-4-10(11)8-12(17)13(18)19/h10-12,16H,2-9H2,1H3,(H,18,19). The van der Waals surface area contributed by atoms with Gasteiger partial charge in [0, 0.05) is 12.6 Å². The summed E-state index contributed by atoms with van der Waals surface area (Å²) in [7, 11) is 0. The fraction of sp³-hybridized carbons (Fsp3) is 0.867. The molecule has 2 N–H and O–H groups in total. The van der Waals surface area contributed by atoms with Crippen molar-refractivity contribution in [1.29, 1.82) is 0 Å². The van der Waals surface area contributed by atoms with Crippen LogP contribution in [0.15, 0.2) is 0 Å². The van der Waals surface area contributed by atoms with Crippen LogP contribution in [0.3, 0.4) is 0 Å². The summed E-state index contributed by atoms with van der Waals surface area (Å²) < 4.78 is 0. The Morgan fingerprint density at radius 1 is 1.30 bits per heavy atom. The van der Waals surface area contributed by atoms with Crippen molar-refractivity contribution < 1.29 is 14.7 Å². The average molecular weight is 280 g/mol. The molecule has 0 aromatic carbocycles. The van der Waals surface area contributed by atoms with Gasteiger partial charge in [0.05, 0.1) is 5.41 Å². The van der Waals surface area contributed by atoms with Gasteiger partial charge in [-0.2, -0.15) is 0 Å². The molecule has 112 valence electrons. The van der Waals surface area contributed by atoms with Crippen molar-refractivity contribution in [2.75, 3.05) is 13.1 Å². The second-order valence-electron chi connectivity index (χ2n) is 6.90. The molecule has 1 aliphatic carbocycles. The molecule has 2 aliphatic heterocycles. The molecule has 5 heteroatoms. The number of aliphatic carboxylic acids is 1. The van der Waals surface area contributed by atoms with Crippen LogP contribution in [0.25, 0.3) is 0 Å². The molecule has 20 heavy (non-hydrogen) atoms. The van der Waals surface area contributed by atoms with Crippen LogP contribution in [0.2, 0.25) is 0 Å². The Morgan fingerprint density at radius 2 is 2.05 bits per heavy atom. The molecule has 2 heterocycles. The molecule has 3 aliphatic rings. The quantitative estimate of drug-likeness (QED) is 0.798. The minimum absolute atomic E-state index is 0.0595. The summed E-state index contributed by atoms with van der Waals surface area (Å²) in [6, 6.07) is -0.442. The van der Waals surface area contributed by atoms with Crippen LogP contribution in [-0.4, -0.2) is 47.1 Å². The minimum Gasteiger partial charge on any atom is -0.480 e. The highest BCUT2D eigenvalue weighted by molar-refractivity contribution is 5.88. The predicted molar refractivity (Wildman–Crippen MR) is 74.2 cm³/mol. The summed E-state index contributed by atoms with van der Waals surface area (Å²) in [5, 5.41) is 12.7. The van der Waals surface area contributed by atoms with Crippen LogP contribution in [0.1, 0.15) is 45.4 Å². The molecule has 3 fully saturated rings. The highest BCUT2D eigenvalue weighted by Crippen LogP contribution is 2.42. The maximum absolute atomic E-state index is 13.0. The molecule has 4 atom stereocenters. The lowest BCUT2D eigenvalue weighted by Gasteiger charge is -2.37. The lowest BCUT2D eigenvalue weighted by Crippen LogP contribution is -2.52.